The van der Waals surface area contributed by atoms with E-state index in [1.165, 1.54) is 30.3 Å². The summed E-state index contributed by atoms with van der Waals surface area (Å²) >= 11 is 0. The van der Waals surface area contributed by atoms with Gasteiger partial charge in [0.1, 0.15) is 17.7 Å². The maximum Gasteiger partial charge on any atom is 0.269 e. The van der Waals surface area contributed by atoms with Crippen LogP contribution >= 0.6 is 0 Å². The summed E-state index contributed by atoms with van der Waals surface area (Å²) < 4.78 is 0. The molecule has 0 radical (unpaired) electrons. The predicted octanol–water partition coefficient (Wildman–Crippen LogP) is 2.03. The van der Waals surface area contributed by atoms with Crippen LogP contribution in [0.2, 0.25) is 0 Å². The maximum absolute atomic E-state index is 10.3. The summed E-state index contributed by atoms with van der Waals surface area (Å²) in [6, 6.07) is 9.00. The SMILES string of the molecule is N#CC(C#N)=Cc1ccc([N+](=O)[O-])cc1. The third-order valence-electron chi connectivity index (χ3n) is 1.66. The number of nitro groups is 1. The largest absolute Gasteiger partial charge is 0.269 e. The Hall–Kier alpha value is -2.66. The molecule has 15 heavy (non-hydrogen) atoms. The maximum atomic E-state index is 10.3. The van der Waals surface area contributed by atoms with Crippen molar-refractivity contribution < 1.29 is 4.92 Å². The molecule has 5 heteroatoms. The van der Waals surface area contributed by atoms with Crippen molar-refractivity contribution in [2.75, 3.05) is 0 Å². The van der Waals surface area contributed by atoms with E-state index >= 15 is 0 Å². The molecule has 0 N–H and O–H groups in total. The second-order valence-electron chi connectivity index (χ2n) is 2.63. The Morgan fingerprint density at radius 3 is 2.20 bits per heavy atom. The first-order valence-electron chi connectivity index (χ1n) is 3.93. The summed E-state index contributed by atoms with van der Waals surface area (Å²) in [7, 11) is 0. The molecule has 1 rings (SSSR count). The van der Waals surface area contributed by atoms with Crippen molar-refractivity contribution in [2.24, 2.45) is 0 Å². The first-order valence-corrected chi connectivity index (χ1v) is 3.93. The van der Waals surface area contributed by atoms with Gasteiger partial charge in [-0.05, 0) is 23.8 Å². The van der Waals surface area contributed by atoms with Crippen molar-refractivity contribution in [3.05, 3.63) is 45.5 Å². The fraction of sp³-hybridized carbons (Fsp3) is 0. The lowest BCUT2D eigenvalue weighted by atomic mass is 10.1. The number of hydrogen-bond acceptors (Lipinski definition) is 4. The Morgan fingerprint density at radius 2 is 1.80 bits per heavy atom. The Labute approximate surface area is 85.6 Å². The molecule has 0 fully saturated rings. The minimum absolute atomic E-state index is 0.0254. The van der Waals surface area contributed by atoms with Crippen LogP contribution < -0.4 is 0 Å². The van der Waals surface area contributed by atoms with Crippen molar-refractivity contribution in [2.45, 2.75) is 0 Å². The Balaban J connectivity index is 3.02. The molecule has 72 valence electrons. The summed E-state index contributed by atoms with van der Waals surface area (Å²) in [6.07, 6.45) is 1.36. The molecular formula is C10H5N3O2. The molecule has 0 atom stereocenters. The van der Waals surface area contributed by atoms with E-state index in [1.807, 2.05) is 0 Å². The van der Waals surface area contributed by atoms with Gasteiger partial charge in [-0.25, -0.2) is 0 Å². The number of non-ortho nitro benzene ring substituents is 1. The highest BCUT2D eigenvalue weighted by Crippen LogP contribution is 2.13. The molecule has 0 spiro atoms. The van der Waals surface area contributed by atoms with Gasteiger partial charge in [0.2, 0.25) is 0 Å². The second-order valence-corrected chi connectivity index (χ2v) is 2.63. The summed E-state index contributed by atoms with van der Waals surface area (Å²) in [6.45, 7) is 0. The average molecular weight is 199 g/mol. The van der Waals surface area contributed by atoms with Crippen LogP contribution in [-0.4, -0.2) is 4.92 Å². The fourth-order valence-electron chi connectivity index (χ4n) is 0.948. The molecule has 0 aromatic heterocycles. The number of allylic oxidation sites excluding steroid dienone is 1. The van der Waals surface area contributed by atoms with Gasteiger partial charge < -0.3 is 0 Å². The third kappa shape index (κ3) is 2.64. The van der Waals surface area contributed by atoms with Gasteiger partial charge in [0.05, 0.1) is 4.92 Å². The minimum atomic E-state index is -0.511. The monoisotopic (exact) mass is 199 g/mol. The van der Waals surface area contributed by atoms with Crippen LogP contribution in [0.15, 0.2) is 29.8 Å². The highest BCUT2D eigenvalue weighted by Gasteiger charge is 2.03. The van der Waals surface area contributed by atoms with Crippen molar-refractivity contribution in [1.82, 2.24) is 0 Å². The van der Waals surface area contributed by atoms with E-state index < -0.39 is 4.92 Å². The number of benzene rings is 1. The molecular weight excluding hydrogens is 194 g/mol. The smallest absolute Gasteiger partial charge is 0.258 e. The van der Waals surface area contributed by atoms with Crippen LogP contribution in [0.5, 0.6) is 0 Å². The molecule has 0 aliphatic rings. The Morgan fingerprint density at radius 1 is 1.27 bits per heavy atom. The lowest BCUT2D eigenvalue weighted by Gasteiger charge is -1.92. The number of rotatable bonds is 2. The van der Waals surface area contributed by atoms with Gasteiger partial charge in [0.25, 0.3) is 5.69 Å². The molecule has 1 aromatic carbocycles. The normalized spacial score (nSPS) is 8.40. The Bertz CT molecular complexity index is 473. The van der Waals surface area contributed by atoms with E-state index in [0.717, 1.165) is 0 Å². The Kier molecular flexibility index (Phi) is 3.15. The van der Waals surface area contributed by atoms with Crippen LogP contribution in [0.25, 0.3) is 6.08 Å². The highest BCUT2D eigenvalue weighted by atomic mass is 16.6. The first-order chi connectivity index (χ1) is 7.17. The second kappa shape index (κ2) is 4.54. The summed E-state index contributed by atoms with van der Waals surface area (Å²) in [5, 5.41) is 27.3. The van der Waals surface area contributed by atoms with Crippen LogP contribution in [0.3, 0.4) is 0 Å². The number of nitriles is 2. The van der Waals surface area contributed by atoms with Crippen molar-refractivity contribution in [1.29, 1.82) is 10.5 Å². The van der Waals surface area contributed by atoms with E-state index in [0.29, 0.717) is 5.56 Å². The molecule has 0 aliphatic heterocycles. The fourth-order valence-corrected chi connectivity index (χ4v) is 0.948. The number of hydrogen-bond donors (Lipinski definition) is 0. The van der Waals surface area contributed by atoms with Gasteiger partial charge in [-0.15, -0.1) is 0 Å². The predicted molar refractivity (Wildman–Crippen MR) is 52.3 cm³/mol. The molecule has 0 heterocycles. The van der Waals surface area contributed by atoms with Crippen LogP contribution in [0.1, 0.15) is 5.56 Å². The molecule has 0 unspecified atom stereocenters. The average Bonchev–Trinajstić information content (AvgIpc) is 2.26. The molecule has 0 saturated heterocycles. The summed E-state index contributed by atoms with van der Waals surface area (Å²) in [5.41, 5.74) is 0.519. The van der Waals surface area contributed by atoms with Gasteiger partial charge in [-0.2, -0.15) is 10.5 Å². The molecule has 0 saturated carbocycles. The highest BCUT2D eigenvalue weighted by molar-refractivity contribution is 5.62. The zero-order chi connectivity index (χ0) is 11.3. The van der Waals surface area contributed by atoms with Gasteiger partial charge in [0, 0.05) is 12.1 Å². The molecule has 0 aliphatic carbocycles. The van der Waals surface area contributed by atoms with Crippen molar-refractivity contribution in [3.63, 3.8) is 0 Å². The first kappa shape index (κ1) is 10.4. The lowest BCUT2D eigenvalue weighted by Crippen LogP contribution is -1.86. The minimum Gasteiger partial charge on any atom is -0.258 e. The van der Waals surface area contributed by atoms with Crippen LogP contribution in [0.4, 0.5) is 5.69 Å². The van der Waals surface area contributed by atoms with E-state index in [-0.39, 0.29) is 11.3 Å². The van der Waals surface area contributed by atoms with Gasteiger partial charge in [-0.1, -0.05) is 0 Å². The third-order valence-corrected chi connectivity index (χ3v) is 1.66. The lowest BCUT2D eigenvalue weighted by molar-refractivity contribution is -0.384. The zero-order valence-electron chi connectivity index (χ0n) is 7.54. The summed E-state index contributed by atoms with van der Waals surface area (Å²) in [4.78, 5) is 9.82. The van der Waals surface area contributed by atoms with Crippen LogP contribution in [0, 0.1) is 32.8 Å². The number of nitrogens with zero attached hydrogens (tertiary/aromatic N) is 3. The summed E-state index contributed by atoms with van der Waals surface area (Å²) in [5.74, 6) is 0. The van der Waals surface area contributed by atoms with Gasteiger partial charge >= 0.3 is 0 Å². The van der Waals surface area contributed by atoms with E-state index in [4.69, 9.17) is 10.5 Å². The molecule has 0 amide bonds. The van der Waals surface area contributed by atoms with Gasteiger partial charge in [-0.3, -0.25) is 10.1 Å². The van der Waals surface area contributed by atoms with Crippen molar-refractivity contribution in [3.8, 4) is 12.1 Å². The molecule has 1 aromatic rings. The van der Waals surface area contributed by atoms with Crippen molar-refractivity contribution >= 4 is 11.8 Å². The van der Waals surface area contributed by atoms with Crippen LogP contribution in [-0.2, 0) is 0 Å². The topological polar surface area (TPSA) is 90.7 Å². The molecule has 0 bridgehead atoms. The van der Waals surface area contributed by atoms with E-state index in [2.05, 4.69) is 0 Å². The molecule has 5 nitrogen and oxygen atoms in total. The number of nitro benzene ring substituents is 1. The quantitative estimate of drug-likeness (QED) is 0.414. The standard InChI is InChI=1S/C10H5N3O2/c11-6-9(7-12)5-8-1-3-10(4-2-8)13(14)15/h1-5H. The van der Waals surface area contributed by atoms with Gasteiger partial charge in [0.15, 0.2) is 0 Å². The zero-order valence-corrected chi connectivity index (χ0v) is 7.54. The van der Waals surface area contributed by atoms with E-state index in [1.54, 1.807) is 12.1 Å². The van der Waals surface area contributed by atoms with E-state index in [9.17, 15) is 10.1 Å².